The average Bonchev–Trinajstić information content (AvgIpc) is 2.38. The summed E-state index contributed by atoms with van der Waals surface area (Å²) in [4.78, 5) is 6.86. The van der Waals surface area contributed by atoms with Crippen molar-refractivity contribution >= 4 is 0 Å². The number of nitrogens with two attached hydrogens (primary N) is 1. The summed E-state index contributed by atoms with van der Waals surface area (Å²) in [6.07, 6.45) is 5.67. The molecule has 0 aliphatic rings. The first kappa shape index (κ1) is 15.1. The van der Waals surface area contributed by atoms with Crippen molar-refractivity contribution in [2.75, 3.05) is 6.54 Å². The molecule has 0 aliphatic heterocycles. The number of rotatable bonds is 8. The molecule has 1 heterocycles. The summed E-state index contributed by atoms with van der Waals surface area (Å²) >= 11 is 0. The maximum absolute atomic E-state index is 5.74. The Morgan fingerprint density at radius 2 is 2.11 bits per heavy atom. The molecule has 0 fully saturated rings. The first-order valence-electron chi connectivity index (χ1n) is 7.05. The van der Waals surface area contributed by atoms with Crippen LogP contribution in [0.2, 0.25) is 0 Å². The van der Waals surface area contributed by atoms with Crippen molar-refractivity contribution in [3.63, 3.8) is 0 Å². The Balaban J connectivity index is 2.64. The summed E-state index contributed by atoms with van der Waals surface area (Å²) < 4.78 is 0. The molecule has 3 nitrogen and oxygen atoms in total. The predicted molar refractivity (Wildman–Crippen MR) is 77.2 cm³/mol. The minimum atomic E-state index is 0.525. The Hall–Kier alpha value is -0.930. The van der Waals surface area contributed by atoms with Crippen LogP contribution in [-0.4, -0.2) is 22.5 Å². The monoisotopic (exact) mass is 249 g/mol. The Morgan fingerprint density at radius 3 is 2.72 bits per heavy atom. The normalized spacial score (nSPS) is 11.4. The summed E-state index contributed by atoms with van der Waals surface area (Å²) in [5.41, 5.74) is 8.04. The van der Waals surface area contributed by atoms with E-state index >= 15 is 0 Å². The highest BCUT2D eigenvalue weighted by atomic mass is 15.1. The van der Waals surface area contributed by atoms with E-state index in [0.29, 0.717) is 12.6 Å². The maximum Gasteiger partial charge on any atom is 0.0584 e. The Bertz CT molecular complexity index is 336. The lowest BCUT2D eigenvalue weighted by atomic mass is 10.1. The lowest BCUT2D eigenvalue weighted by molar-refractivity contribution is 0.207. The second-order valence-electron chi connectivity index (χ2n) is 5.08. The molecule has 0 bridgehead atoms. The van der Waals surface area contributed by atoms with E-state index in [1.54, 1.807) is 0 Å². The van der Waals surface area contributed by atoms with Gasteiger partial charge in [0.25, 0.3) is 0 Å². The van der Waals surface area contributed by atoms with Gasteiger partial charge in [-0.05, 0) is 38.4 Å². The Kier molecular flexibility index (Phi) is 6.91. The zero-order valence-corrected chi connectivity index (χ0v) is 12.0. The minimum Gasteiger partial charge on any atom is -0.325 e. The Labute approximate surface area is 111 Å². The van der Waals surface area contributed by atoms with Crippen molar-refractivity contribution in [2.45, 2.75) is 59.2 Å². The summed E-state index contributed by atoms with van der Waals surface area (Å²) in [7, 11) is 0. The molecule has 0 atom stereocenters. The molecule has 0 saturated carbocycles. The van der Waals surface area contributed by atoms with Gasteiger partial charge in [0.1, 0.15) is 0 Å². The van der Waals surface area contributed by atoms with E-state index in [1.807, 2.05) is 12.3 Å². The predicted octanol–water partition coefficient (Wildman–Crippen LogP) is 2.94. The number of nitrogens with zero attached hydrogens (tertiary/aromatic N) is 2. The fraction of sp³-hybridized carbons (Fsp3) is 0.667. The molecule has 1 aromatic rings. The molecular formula is C15H27N3. The third-order valence-corrected chi connectivity index (χ3v) is 3.33. The number of hydrogen-bond acceptors (Lipinski definition) is 3. The summed E-state index contributed by atoms with van der Waals surface area (Å²) in [6.45, 7) is 9.39. The maximum atomic E-state index is 5.74. The van der Waals surface area contributed by atoms with Gasteiger partial charge in [-0.3, -0.25) is 9.88 Å². The second kappa shape index (κ2) is 8.22. The topological polar surface area (TPSA) is 42.2 Å². The van der Waals surface area contributed by atoms with Crippen LogP contribution in [0.5, 0.6) is 0 Å². The highest BCUT2D eigenvalue weighted by Gasteiger charge is 2.11. The first-order chi connectivity index (χ1) is 8.69. The van der Waals surface area contributed by atoms with Crippen LogP contribution < -0.4 is 5.73 Å². The van der Waals surface area contributed by atoms with Gasteiger partial charge >= 0.3 is 0 Å². The number of hydrogen-bond donors (Lipinski definition) is 1. The van der Waals surface area contributed by atoms with Crippen LogP contribution in [-0.2, 0) is 13.1 Å². The van der Waals surface area contributed by atoms with Crippen molar-refractivity contribution in [3.8, 4) is 0 Å². The van der Waals surface area contributed by atoms with Crippen LogP contribution >= 0.6 is 0 Å². The minimum absolute atomic E-state index is 0.525. The van der Waals surface area contributed by atoms with E-state index in [9.17, 15) is 0 Å². The van der Waals surface area contributed by atoms with Crippen molar-refractivity contribution in [1.29, 1.82) is 0 Å². The molecule has 2 N–H and O–H groups in total. The molecule has 18 heavy (non-hydrogen) atoms. The first-order valence-corrected chi connectivity index (χ1v) is 7.05. The molecule has 0 aromatic carbocycles. The van der Waals surface area contributed by atoms with Gasteiger partial charge < -0.3 is 5.73 Å². The Morgan fingerprint density at radius 1 is 1.33 bits per heavy atom. The number of aromatic nitrogens is 1. The zero-order chi connectivity index (χ0) is 13.4. The van der Waals surface area contributed by atoms with Gasteiger partial charge in [0.15, 0.2) is 0 Å². The van der Waals surface area contributed by atoms with Crippen LogP contribution in [0.1, 0.15) is 51.3 Å². The third-order valence-electron chi connectivity index (χ3n) is 3.33. The van der Waals surface area contributed by atoms with Gasteiger partial charge in [-0.1, -0.05) is 25.8 Å². The molecule has 1 rings (SSSR count). The van der Waals surface area contributed by atoms with Crippen LogP contribution in [0.3, 0.4) is 0 Å². The van der Waals surface area contributed by atoms with Crippen LogP contribution in [0.15, 0.2) is 18.3 Å². The lowest BCUT2D eigenvalue weighted by Gasteiger charge is -2.27. The molecule has 0 amide bonds. The highest BCUT2D eigenvalue weighted by Crippen LogP contribution is 2.12. The number of unbranched alkanes of at least 4 members (excludes halogenated alkanes) is 2. The van der Waals surface area contributed by atoms with Crippen LogP contribution in [0.25, 0.3) is 0 Å². The van der Waals surface area contributed by atoms with Crippen LogP contribution in [0, 0.1) is 0 Å². The second-order valence-corrected chi connectivity index (χ2v) is 5.08. The number of pyridine rings is 1. The van der Waals surface area contributed by atoms with Gasteiger partial charge in [-0.15, -0.1) is 0 Å². The fourth-order valence-electron chi connectivity index (χ4n) is 2.10. The molecule has 1 aromatic heterocycles. The van der Waals surface area contributed by atoms with Crippen LogP contribution in [0.4, 0.5) is 0 Å². The standard InChI is InChI=1S/C15H27N3/c1-4-5-6-10-18(13(2)3)12-14-8-7-9-17-15(14)11-16/h7-9,13H,4-6,10-12,16H2,1-3H3. The quantitative estimate of drug-likeness (QED) is 0.720. The zero-order valence-electron chi connectivity index (χ0n) is 12.0. The largest absolute Gasteiger partial charge is 0.325 e. The summed E-state index contributed by atoms with van der Waals surface area (Å²) in [5.74, 6) is 0. The van der Waals surface area contributed by atoms with Crippen molar-refractivity contribution < 1.29 is 0 Å². The van der Waals surface area contributed by atoms with Crippen molar-refractivity contribution in [3.05, 3.63) is 29.6 Å². The highest BCUT2D eigenvalue weighted by molar-refractivity contribution is 5.19. The van der Waals surface area contributed by atoms with Crippen molar-refractivity contribution in [2.24, 2.45) is 5.73 Å². The van der Waals surface area contributed by atoms with Gasteiger partial charge in [0.2, 0.25) is 0 Å². The molecule has 102 valence electrons. The van der Waals surface area contributed by atoms with E-state index in [2.05, 4.69) is 36.7 Å². The van der Waals surface area contributed by atoms with E-state index in [-0.39, 0.29) is 0 Å². The molecule has 0 radical (unpaired) electrons. The SMILES string of the molecule is CCCCCN(Cc1cccnc1CN)C(C)C. The molecule has 0 aliphatic carbocycles. The van der Waals surface area contributed by atoms with E-state index in [0.717, 1.165) is 18.8 Å². The molecule has 0 saturated heterocycles. The van der Waals surface area contributed by atoms with Gasteiger partial charge in [0, 0.05) is 25.3 Å². The summed E-state index contributed by atoms with van der Waals surface area (Å²) in [6, 6.07) is 4.70. The molecular weight excluding hydrogens is 222 g/mol. The smallest absolute Gasteiger partial charge is 0.0584 e. The lowest BCUT2D eigenvalue weighted by Crippen LogP contribution is -2.32. The third kappa shape index (κ3) is 4.75. The van der Waals surface area contributed by atoms with Gasteiger partial charge in [0.05, 0.1) is 5.69 Å². The molecule has 0 unspecified atom stereocenters. The van der Waals surface area contributed by atoms with E-state index < -0.39 is 0 Å². The van der Waals surface area contributed by atoms with Crippen molar-refractivity contribution in [1.82, 2.24) is 9.88 Å². The van der Waals surface area contributed by atoms with E-state index in [1.165, 1.54) is 24.8 Å². The molecule has 3 heteroatoms. The van der Waals surface area contributed by atoms with Gasteiger partial charge in [-0.2, -0.15) is 0 Å². The average molecular weight is 249 g/mol. The van der Waals surface area contributed by atoms with E-state index in [4.69, 9.17) is 5.73 Å². The van der Waals surface area contributed by atoms with Gasteiger partial charge in [-0.25, -0.2) is 0 Å². The molecule has 0 spiro atoms. The summed E-state index contributed by atoms with van der Waals surface area (Å²) in [5, 5.41) is 0. The fourth-order valence-corrected chi connectivity index (χ4v) is 2.10.